The summed E-state index contributed by atoms with van der Waals surface area (Å²) in [6.45, 7) is 2.89. The van der Waals surface area contributed by atoms with Gasteiger partial charge in [0.15, 0.2) is 0 Å². The molecule has 0 unspecified atom stereocenters. The molecule has 0 radical (unpaired) electrons. The number of benzene rings is 3. The number of amides is 2. The predicted octanol–water partition coefficient (Wildman–Crippen LogP) is 4.57. The first-order chi connectivity index (χ1) is 15.0. The SMILES string of the molecule is COc1ccccc1CNC(=O)c1ccc2c(c1)N(Cc1ccc(C)cc1)C(=O)CS2. The van der Waals surface area contributed by atoms with E-state index in [0.29, 0.717) is 24.4 Å². The van der Waals surface area contributed by atoms with Crippen molar-refractivity contribution in [2.24, 2.45) is 0 Å². The second-order valence-electron chi connectivity index (χ2n) is 7.43. The Morgan fingerprint density at radius 3 is 2.65 bits per heavy atom. The summed E-state index contributed by atoms with van der Waals surface area (Å²) in [5.74, 6) is 0.995. The lowest BCUT2D eigenvalue weighted by molar-refractivity contribution is -0.116. The first-order valence-corrected chi connectivity index (χ1v) is 11.1. The molecule has 2 amide bonds. The zero-order valence-corrected chi connectivity index (χ0v) is 18.4. The van der Waals surface area contributed by atoms with Gasteiger partial charge in [-0.3, -0.25) is 9.59 Å². The van der Waals surface area contributed by atoms with Crippen LogP contribution in [-0.4, -0.2) is 24.7 Å². The van der Waals surface area contributed by atoms with E-state index in [9.17, 15) is 9.59 Å². The second kappa shape index (κ2) is 9.27. The number of para-hydroxylation sites is 1. The molecule has 3 aromatic carbocycles. The number of methoxy groups -OCH3 is 1. The molecule has 5 nitrogen and oxygen atoms in total. The lowest BCUT2D eigenvalue weighted by Crippen LogP contribution is -2.35. The molecule has 0 bridgehead atoms. The summed E-state index contributed by atoms with van der Waals surface area (Å²) in [5.41, 5.74) is 4.45. The number of carbonyl (C=O) groups is 2. The molecular formula is C25H24N2O3S. The van der Waals surface area contributed by atoms with E-state index in [1.165, 1.54) is 17.3 Å². The summed E-state index contributed by atoms with van der Waals surface area (Å²) in [6.07, 6.45) is 0. The van der Waals surface area contributed by atoms with Crippen LogP contribution in [0.4, 0.5) is 5.69 Å². The van der Waals surface area contributed by atoms with Gasteiger partial charge < -0.3 is 15.0 Å². The lowest BCUT2D eigenvalue weighted by Gasteiger charge is -2.29. The molecule has 1 heterocycles. The summed E-state index contributed by atoms with van der Waals surface area (Å²) >= 11 is 1.51. The van der Waals surface area contributed by atoms with Crippen LogP contribution in [0.25, 0.3) is 0 Å². The van der Waals surface area contributed by atoms with Crippen LogP contribution in [0, 0.1) is 6.92 Å². The number of rotatable bonds is 6. The van der Waals surface area contributed by atoms with Gasteiger partial charge in [-0.25, -0.2) is 0 Å². The van der Waals surface area contributed by atoms with Crippen molar-refractivity contribution in [1.29, 1.82) is 0 Å². The molecule has 0 spiro atoms. The number of ether oxygens (including phenoxy) is 1. The summed E-state index contributed by atoms with van der Waals surface area (Å²) in [5, 5.41) is 2.95. The Kier molecular flexibility index (Phi) is 6.28. The average molecular weight is 433 g/mol. The summed E-state index contributed by atoms with van der Waals surface area (Å²) in [6, 6.07) is 21.3. The van der Waals surface area contributed by atoms with Crippen LogP contribution in [0.2, 0.25) is 0 Å². The van der Waals surface area contributed by atoms with Crippen LogP contribution >= 0.6 is 11.8 Å². The van der Waals surface area contributed by atoms with E-state index in [2.05, 4.69) is 5.32 Å². The van der Waals surface area contributed by atoms with Gasteiger partial charge in [-0.1, -0.05) is 48.0 Å². The molecule has 0 aromatic heterocycles. The highest BCUT2D eigenvalue weighted by Crippen LogP contribution is 2.37. The number of carbonyl (C=O) groups excluding carboxylic acids is 2. The van der Waals surface area contributed by atoms with Crippen molar-refractivity contribution in [2.45, 2.75) is 24.9 Å². The Balaban J connectivity index is 1.54. The second-order valence-corrected chi connectivity index (χ2v) is 8.45. The van der Waals surface area contributed by atoms with Crippen LogP contribution < -0.4 is 15.0 Å². The fourth-order valence-electron chi connectivity index (χ4n) is 3.52. The molecule has 1 aliphatic rings. The average Bonchev–Trinajstić information content (AvgIpc) is 2.80. The van der Waals surface area contributed by atoms with Gasteiger partial charge in [-0.15, -0.1) is 11.8 Å². The predicted molar refractivity (Wildman–Crippen MR) is 124 cm³/mol. The number of thioether (sulfide) groups is 1. The van der Waals surface area contributed by atoms with E-state index in [4.69, 9.17) is 4.74 Å². The highest BCUT2D eigenvalue weighted by Gasteiger charge is 2.26. The molecule has 0 atom stereocenters. The molecule has 3 aromatic rings. The summed E-state index contributed by atoms with van der Waals surface area (Å²) < 4.78 is 5.35. The van der Waals surface area contributed by atoms with Gasteiger partial charge >= 0.3 is 0 Å². The number of hydrogen-bond acceptors (Lipinski definition) is 4. The van der Waals surface area contributed by atoms with E-state index < -0.39 is 0 Å². The minimum Gasteiger partial charge on any atom is -0.496 e. The maximum absolute atomic E-state index is 12.8. The Morgan fingerprint density at radius 1 is 1.10 bits per heavy atom. The number of aryl methyl sites for hydroxylation is 1. The third-order valence-corrected chi connectivity index (χ3v) is 6.30. The summed E-state index contributed by atoms with van der Waals surface area (Å²) in [7, 11) is 1.61. The maximum atomic E-state index is 12.8. The van der Waals surface area contributed by atoms with Crippen molar-refractivity contribution in [2.75, 3.05) is 17.8 Å². The van der Waals surface area contributed by atoms with E-state index in [0.717, 1.165) is 27.5 Å². The van der Waals surface area contributed by atoms with Crippen molar-refractivity contribution in [3.05, 3.63) is 89.0 Å². The third kappa shape index (κ3) is 4.75. The van der Waals surface area contributed by atoms with Crippen LogP contribution in [0.15, 0.2) is 71.6 Å². The van der Waals surface area contributed by atoms with E-state index in [1.807, 2.05) is 73.7 Å². The van der Waals surface area contributed by atoms with Crippen molar-refractivity contribution < 1.29 is 14.3 Å². The molecule has 6 heteroatoms. The highest BCUT2D eigenvalue weighted by atomic mass is 32.2. The number of anilines is 1. The molecule has 0 saturated carbocycles. The van der Waals surface area contributed by atoms with E-state index >= 15 is 0 Å². The van der Waals surface area contributed by atoms with Crippen LogP contribution in [0.1, 0.15) is 27.0 Å². The van der Waals surface area contributed by atoms with Gasteiger partial charge in [-0.2, -0.15) is 0 Å². The van der Waals surface area contributed by atoms with Gasteiger partial charge in [0.05, 0.1) is 25.1 Å². The van der Waals surface area contributed by atoms with Crippen molar-refractivity contribution >= 4 is 29.3 Å². The third-order valence-electron chi connectivity index (χ3n) is 5.26. The Hall–Kier alpha value is -3.25. The van der Waals surface area contributed by atoms with Crippen LogP contribution in [0.5, 0.6) is 5.75 Å². The number of hydrogen-bond donors (Lipinski definition) is 1. The zero-order chi connectivity index (χ0) is 21.8. The Morgan fingerprint density at radius 2 is 1.87 bits per heavy atom. The largest absolute Gasteiger partial charge is 0.496 e. The van der Waals surface area contributed by atoms with E-state index in [1.54, 1.807) is 12.0 Å². The molecule has 1 aliphatic heterocycles. The fraction of sp³-hybridized carbons (Fsp3) is 0.200. The standard InChI is InChI=1S/C25H24N2O3S/c1-17-7-9-18(10-8-17)15-27-21-13-19(11-12-23(21)31-16-24(27)28)25(29)26-14-20-5-3-4-6-22(20)30-2/h3-13H,14-16H2,1-2H3,(H,26,29). The molecule has 31 heavy (non-hydrogen) atoms. The molecule has 0 aliphatic carbocycles. The monoisotopic (exact) mass is 432 g/mol. The summed E-state index contributed by atoms with van der Waals surface area (Å²) in [4.78, 5) is 28.3. The Bertz CT molecular complexity index is 1110. The van der Waals surface area contributed by atoms with Gasteiger partial charge in [0.2, 0.25) is 5.91 Å². The van der Waals surface area contributed by atoms with E-state index in [-0.39, 0.29) is 11.8 Å². The molecule has 0 fully saturated rings. The molecular weight excluding hydrogens is 408 g/mol. The first-order valence-electron chi connectivity index (χ1n) is 10.1. The minimum absolute atomic E-state index is 0.0460. The lowest BCUT2D eigenvalue weighted by atomic mass is 10.1. The normalized spacial score (nSPS) is 13.0. The van der Waals surface area contributed by atoms with Crippen LogP contribution in [0.3, 0.4) is 0 Å². The smallest absolute Gasteiger partial charge is 0.251 e. The first kappa shape index (κ1) is 21.0. The maximum Gasteiger partial charge on any atom is 0.251 e. The number of nitrogens with zero attached hydrogens (tertiary/aromatic N) is 1. The van der Waals surface area contributed by atoms with Crippen molar-refractivity contribution in [1.82, 2.24) is 5.32 Å². The van der Waals surface area contributed by atoms with Gasteiger partial charge in [0.1, 0.15) is 5.75 Å². The molecule has 158 valence electrons. The molecule has 0 saturated heterocycles. The number of fused-ring (bicyclic) bond motifs is 1. The highest BCUT2D eigenvalue weighted by molar-refractivity contribution is 8.00. The van der Waals surface area contributed by atoms with Crippen LogP contribution in [-0.2, 0) is 17.9 Å². The van der Waals surface area contributed by atoms with Gasteiger partial charge in [-0.05, 0) is 36.8 Å². The van der Waals surface area contributed by atoms with Crippen molar-refractivity contribution in [3.8, 4) is 5.75 Å². The Labute approximate surface area is 186 Å². The minimum atomic E-state index is -0.188. The topological polar surface area (TPSA) is 58.6 Å². The molecule has 4 rings (SSSR count). The fourth-order valence-corrected chi connectivity index (χ4v) is 4.44. The van der Waals surface area contributed by atoms with Gasteiger partial charge in [0.25, 0.3) is 5.91 Å². The molecule has 1 N–H and O–H groups in total. The van der Waals surface area contributed by atoms with Gasteiger partial charge in [0, 0.05) is 22.6 Å². The quantitative estimate of drug-likeness (QED) is 0.620. The number of nitrogens with one attached hydrogen (secondary N) is 1. The zero-order valence-electron chi connectivity index (χ0n) is 17.6. The van der Waals surface area contributed by atoms with Crippen molar-refractivity contribution in [3.63, 3.8) is 0 Å².